The van der Waals surface area contributed by atoms with Gasteiger partial charge in [0.1, 0.15) is 6.54 Å². The Morgan fingerprint density at radius 1 is 1.13 bits per heavy atom. The maximum Gasteiger partial charge on any atom is 0.254 e. The van der Waals surface area contributed by atoms with Crippen LogP contribution >= 0.6 is 11.3 Å². The van der Waals surface area contributed by atoms with Gasteiger partial charge in [-0.05, 0) is 39.1 Å². The largest absolute Gasteiger partial charge is 0.354 e. The molecule has 2 N–H and O–H groups in total. The van der Waals surface area contributed by atoms with Gasteiger partial charge < -0.3 is 20.4 Å². The molecule has 1 aromatic heterocycles. The molecule has 1 fully saturated rings. The fraction of sp³-hybridized carbons (Fsp3) is 0.429. The summed E-state index contributed by atoms with van der Waals surface area (Å²) in [5.74, 6) is -0.529. The number of thiazole rings is 1. The van der Waals surface area contributed by atoms with Gasteiger partial charge >= 0.3 is 0 Å². The van der Waals surface area contributed by atoms with E-state index in [0.717, 1.165) is 19.4 Å². The van der Waals surface area contributed by atoms with Gasteiger partial charge in [0.05, 0.1) is 12.1 Å². The van der Waals surface area contributed by atoms with Crippen LogP contribution in [0.4, 0.5) is 5.13 Å². The molecule has 2 aromatic rings. The van der Waals surface area contributed by atoms with Gasteiger partial charge in [-0.2, -0.15) is 0 Å². The molecule has 0 aliphatic heterocycles. The van der Waals surface area contributed by atoms with Crippen molar-refractivity contribution in [1.82, 2.24) is 20.1 Å². The average Bonchev–Trinajstić information content (AvgIpc) is 3.47. The van der Waals surface area contributed by atoms with E-state index in [2.05, 4.69) is 15.6 Å². The van der Waals surface area contributed by atoms with Gasteiger partial charge in [0.25, 0.3) is 5.91 Å². The Morgan fingerprint density at radius 3 is 2.53 bits per heavy atom. The second kappa shape index (κ2) is 10.3. The summed E-state index contributed by atoms with van der Waals surface area (Å²) in [6.45, 7) is 1.33. The minimum absolute atomic E-state index is 0.0155. The van der Waals surface area contributed by atoms with E-state index in [9.17, 15) is 14.4 Å². The number of likely N-dealkylation sites (N-methyl/N-ethyl adjacent to an activating group) is 1. The summed E-state index contributed by atoms with van der Waals surface area (Å²) in [7, 11) is 3.89. The third kappa shape index (κ3) is 6.64. The highest BCUT2D eigenvalue weighted by Crippen LogP contribution is 2.28. The Labute approximate surface area is 180 Å². The van der Waals surface area contributed by atoms with Crippen LogP contribution in [-0.2, 0) is 16.0 Å². The lowest BCUT2D eigenvalue weighted by Crippen LogP contribution is -2.39. The maximum atomic E-state index is 12.8. The van der Waals surface area contributed by atoms with Crippen molar-refractivity contribution in [3.8, 4) is 0 Å². The van der Waals surface area contributed by atoms with Crippen LogP contribution < -0.4 is 10.6 Å². The fourth-order valence-corrected chi connectivity index (χ4v) is 3.63. The van der Waals surface area contributed by atoms with Crippen LogP contribution in [0, 0.1) is 0 Å². The maximum absolute atomic E-state index is 12.8. The van der Waals surface area contributed by atoms with Crippen LogP contribution in [0.3, 0.4) is 0 Å². The number of carbonyl (C=O) groups excluding carboxylic acids is 3. The van der Waals surface area contributed by atoms with E-state index in [4.69, 9.17) is 0 Å². The molecular formula is C21H27N5O3S. The molecule has 0 spiro atoms. The Bertz CT molecular complexity index is 880. The molecule has 1 aliphatic carbocycles. The van der Waals surface area contributed by atoms with Crippen molar-refractivity contribution in [2.45, 2.75) is 25.3 Å². The van der Waals surface area contributed by atoms with Gasteiger partial charge in [0.15, 0.2) is 5.13 Å². The van der Waals surface area contributed by atoms with Crippen LogP contribution in [0.15, 0.2) is 35.7 Å². The molecule has 0 saturated heterocycles. The Hall–Kier alpha value is -2.78. The van der Waals surface area contributed by atoms with Crippen molar-refractivity contribution in [2.75, 3.05) is 39.0 Å². The van der Waals surface area contributed by atoms with Gasteiger partial charge in [-0.15, -0.1) is 11.3 Å². The predicted octanol–water partition coefficient (Wildman–Crippen LogP) is 1.61. The monoisotopic (exact) mass is 429 g/mol. The molecule has 0 radical (unpaired) electrons. The standard InChI is InChI=1S/C21H27N5O3S/c1-25(2)11-10-22-18(27)12-16-14-30-21(23-16)24-19(28)13-26(17-8-9-17)20(29)15-6-4-3-5-7-15/h3-7,14,17H,8-13H2,1-2H3,(H,22,27)(H,23,24,28). The number of amides is 3. The first-order valence-corrected chi connectivity index (χ1v) is 10.8. The molecule has 1 aromatic carbocycles. The van der Waals surface area contributed by atoms with E-state index in [0.29, 0.717) is 22.9 Å². The number of hydrogen-bond donors (Lipinski definition) is 2. The summed E-state index contributed by atoms with van der Waals surface area (Å²) in [5.41, 5.74) is 1.19. The van der Waals surface area contributed by atoms with Crippen LogP contribution in [-0.4, -0.2) is 72.3 Å². The van der Waals surface area contributed by atoms with E-state index in [1.54, 1.807) is 22.4 Å². The van der Waals surface area contributed by atoms with E-state index in [1.165, 1.54) is 11.3 Å². The number of anilines is 1. The van der Waals surface area contributed by atoms with Crippen molar-refractivity contribution in [2.24, 2.45) is 0 Å². The van der Waals surface area contributed by atoms with Crippen molar-refractivity contribution < 1.29 is 14.4 Å². The smallest absolute Gasteiger partial charge is 0.254 e. The number of carbonyl (C=O) groups is 3. The molecular weight excluding hydrogens is 402 g/mol. The summed E-state index contributed by atoms with van der Waals surface area (Å²) < 4.78 is 0. The topological polar surface area (TPSA) is 94.6 Å². The van der Waals surface area contributed by atoms with E-state index in [1.807, 2.05) is 37.2 Å². The number of nitrogens with zero attached hydrogens (tertiary/aromatic N) is 3. The van der Waals surface area contributed by atoms with Gasteiger partial charge in [0.2, 0.25) is 11.8 Å². The van der Waals surface area contributed by atoms with E-state index in [-0.39, 0.29) is 36.7 Å². The molecule has 0 bridgehead atoms. The molecule has 1 aliphatic rings. The molecule has 0 atom stereocenters. The predicted molar refractivity (Wildman–Crippen MR) is 117 cm³/mol. The zero-order valence-corrected chi connectivity index (χ0v) is 18.1. The van der Waals surface area contributed by atoms with Gasteiger partial charge in [0, 0.05) is 30.1 Å². The number of aromatic nitrogens is 1. The van der Waals surface area contributed by atoms with Crippen LogP contribution in [0.5, 0.6) is 0 Å². The van der Waals surface area contributed by atoms with Gasteiger partial charge in [-0.3, -0.25) is 14.4 Å². The lowest BCUT2D eigenvalue weighted by Gasteiger charge is -2.21. The first-order chi connectivity index (χ1) is 14.4. The second-order valence-electron chi connectivity index (χ2n) is 7.55. The molecule has 1 saturated carbocycles. The van der Waals surface area contributed by atoms with Crippen molar-refractivity contribution >= 4 is 34.2 Å². The third-order valence-corrected chi connectivity index (χ3v) is 5.41. The van der Waals surface area contributed by atoms with E-state index < -0.39 is 0 Å². The zero-order valence-electron chi connectivity index (χ0n) is 17.3. The highest BCUT2D eigenvalue weighted by Gasteiger charge is 2.34. The second-order valence-corrected chi connectivity index (χ2v) is 8.41. The third-order valence-electron chi connectivity index (χ3n) is 4.60. The van der Waals surface area contributed by atoms with Crippen LogP contribution in [0.25, 0.3) is 0 Å². The number of benzene rings is 1. The molecule has 30 heavy (non-hydrogen) atoms. The fourth-order valence-electron chi connectivity index (χ4n) is 2.90. The van der Waals surface area contributed by atoms with Gasteiger partial charge in [-0.25, -0.2) is 4.98 Å². The lowest BCUT2D eigenvalue weighted by atomic mass is 10.2. The SMILES string of the molecule is CN(C)CCNC(=O)Cc1csc(NC(=O)CN(C(=O)c2ccccc2)C2CC2)n1. The minimum Gasteiger partial charge on any atom is -0.354 e. The molecule has 3 amide bonds. The Morgan fingerprint density at radius 2 is 1.87 bits per heavy atom. The summed E-state index contributed by atoms with van der Waals surface area (Å²) in [6, 6.07) is 9.10. The Balaban J connectivity index is 1.51. The van der Waals surface area contributed by atoms with E-state index >= 15 is 0 Å². The highest BCUT2D eigenvalue weighted by molar-refractivity contribution is 7.13. The van der Waals surface area contributed by atoms with Crippen molar-refractivity contribution in [3.05, 3.63) is 47.0 Å². The summed E-state index contributed by atoms with van der Waals surface area (Å²) in [5, 5.41) is 7.78. The van der Waals surface area contributed by atoms with Crippen LogP contribution in [0.2, 0.25) is 0 Å². The lowest BCUT2D eigenvalue weighted by molar-refractivity contribution is -0.120. The molecule has 1 heterocycles. The minimum atomic E-state index is -0.289. The average molecular weight is 430 g/mol. The first kappa shape index (κ1) is 21.9. The number of hydrogen-bond acceptors (Lipinski definition) is 6. The molecule has 8 nitrogen and oxygen atoms in total. The molecule has 9 heteroatoms. The quantitative estimate of drug-likeness (QED) is 0.598. The summed E-state index contributed by atoms with van der Waals surface area (Å²) in [4.78, 5) is 45.2. The summed E-state index contributed by atoms with van der Waals surface area (Å²) >= 11 is 1.27. The Kier molecular flexibility index (Phi) is 7.53. The van der Waals surface area contributed by atoms with Gasteiger partial charge in [-0.1, -0.05) is 18.2 Å². The molecule has 0 unspecified atom stereocenters. The normalized spacial score (nSPS) is 13.2. The molecule has 3 rings (SSSR count). The van der Waals surface area contributed by atoms with Crippen molar-refractivity contribution in [3.63, 3.8) is 0 Å². The summed E-state index contributed by atoms with van der Waals surface area (Å²) in [6.07, 6.45) is 1.99. The molecule has 160 valence electrons. The highest BCUT2D eigenvalue weighted by atomic mass is 32.1. The first-order valence-electron chi connectivity index (χ1n) is 9.94. The number of nitrogens with one attached hydrogen (secondary N) is 2. The zero-order chi connectivity index (χ0) is 21.5. The number of rotatable bonds is 10. The van der Waals surface area contributed by atoms with Crippen molar-refractivity contribution in [1.29, 1.82) is 0 Å². The van der Waals surface area contributed by atoms with Crippen LogP contribution in [0.1, 0.15) is 28.9 Å².